The standard InChI is InChI=1S/C15H15ClFN3O/c1-20(2)13-7-6-9(18)8-10(13)15(21)19-14-11(16)4-3-5-12(14)17/h3-8H,18H2,1-2H3,(H,19,21). The van der Waals surface area contributed by atoms with Crippen LogP contribution in [0.3, 0.4) is 0 Å². The lowest BCUT2D eigenvalue weighted by molar-refractivity contribution is 0.102. The molecule has 2 aromatic rings. The maximum atomic E-state index is 13.7. The molecule has 0 aliphatic rings. The van der Waals surface area contributed by atoms with E-state index in [1.54, 1.807) is 37.2 Å². The zero-order chi connectivity index (χ0) is 15.6. The van der Waals surface area contributed by atoms with Crippen molar-refractivity contribution in [2.75, 3.05) is 30.0 Å². The number of nitrogens with two attached hydrogens (primary N) is 1. The molecule has 0 aliphatic heterocycles. The van der Waals surface area contributed by atoms with Gasteiger partial charge in [0.1, 0.15) is 5.82 Å². The largest absolute Gasteiger partial charge is 0.399 e. The van der Waals surface area contributed by atoms with Gasteiger partial charge in [0, 0.05) is 25.5 Å². The summed E-state index contributed by atoms with van der Waals surface area (Å²) in [7, 11) is 3.61. The molecular formula is C15H15ClFN3O. The van der Waals surface area contributed by atoms with Crippen LogP contribution in [0.2, 0.25) is 5.02 Å². The van der Waals surface area contributed by atoms with E-state index >= 15 is 0 Å². The Balaban J connectivity index is 2.39. The Kier molecular flexibility index (Phi) is 4.33. The number of carbonyl (C=O) groups excluding carboxylic acids is 1. The number of amides is 1. The average Bonchev–Trinajstić information content (AvgIpc) is 2.42. The molecule has 0 heterocycles. The predicted octanol–water partition coefficient (Wildman–Crippen LogP) is 3.38. The Morgan fingerprint density at radius 2 is 2.00 bits per heavy atom. The molecule has 0 atom stereocenters. The van der Waals surface area contributed by atoms with Crippen LogP contribution in [0.25, 0.3) is 0 Å². The minimum absolute atomic E-state index is 0.0451. The summed E-state index contributed by atoms with van der Waals surface area (Å²) >= 11 is 5.90. The van der Waals surface area contributed by atoms with Gasteiger partial charge in [-0.25, -0.2) is 4.39 Å². The van der Waals surface area contributed by atoms with Gasteiger partial charge in [0.2, 0.25) is 0 Å². The topological polar surface area (TPSA) is 58.4 Å². The number of nitrogen functional groups attached to an aromatic ring is 1. The molecule has 1 amide bonds. The molecule has 0 spiro atoms. The van der Waals surface area contributed by atoms with E-state index in [2.05, 4.69) is 5.32 Å². The molecular weight excluding hydrogens is 293 g/mol. The van der Waals surface area contributed by atoms with Gasteiger partial charge in [0.25, 0.3) is 5.91 Å². The molecule has 110 valence electrons. The number of nitrogens with one attached hydrogen (secondary N) is 1. The van der Waals surface area contributed by atoms with Crippen LogP contribution in [0.5, 0.6) is 0 Å². The Morgan fingerprint density at radius 1 is 1.29 bits per heavy atom. The van der Waals surface area contributed by atoms with Crippen molar-refractivity contribution in [1.82, 2.24) is 0 Å². The van der Waals surface area contributed by atoms with Crippen LogP contribution >= 0.6 is 11.6 Å². The van der Waals surface area contributed by atoms with Crippen LogP contribution in [-0.2, 0) is 0 Å². The molecule has 0 radical (unpaired) electrons. The SMILES string of the molecule is CN(C)c1ccc(N)cc1C(=O)Nc1c(F)cccc1Cl. The number of hydrogen-bond acceptors (Lipinski definition) is 3. The summed E-state index contributed by atoms with van der Waals surface area (Å²) in [6, 6.07) is 9.17. The summed E-state index contributed by atoms with van der Waals surface area (Å²) in [5.74, 6) is -1.07. The number of rotatable bonds is 3. The van der Waals surface area contributed by atoms with E-state index in [1.165, 1.54) is 18.2 Å². The number of hydrogen-bond donors (Lipinski definition) is 2. The number of para-hydroxylation sites is 1. The van der Waals surface area contributed by atoms with Gasteiger partial charge in [0.15, 0.2) is 0 Å². The highest BCUT2D eigenvalue weighted by atomic mass is 35.5. The van der Waals surface area contributed by atoms with E-state index in [9.17, 15) is 9.18 Å². The molecule has 6 heteroatoms. The van der Waals surface area contributed by atoms with Crippen molar-refractivity contribution in [2.45, 2.75) is 0 Å². The molecule has 2 aromatic carbocycles. The van der Waals surface area contributed by atoms with E-state index in [0.717, 1.165) is 0 Å². The molecule has 0 aromatic heterocycles. The summed E-state index contributed by atoms with van der Waals surface area (Å²) in [5, 5.41) is 2.63. The predicted molar refractivity (Wildman–Crippen MR) is 84.5 cm³/mol. The third-order valence-electron chi connectivity index (χ3n) is 2.95. The Hall–Kier alpha value is -2.27. The number of anilines is 3. The van der Waals surface area contributed by atoms with Gasteiger partial charge in [-0.15, -0.1) is 0 Å². The second kappa shape index (κ2) is 6.01. The van der Waals surface area contributed by atoms with E-state index in [1.807, 2.05) is 0 Å². The first-order valence-electron chi connectivity index (χ1n) is 6.22. The molecule has 0 saturated heterocycles. The van der Waals surface area contributed by atoms with Gasteiger partial charge in [-0.05, 0) is 30.3 Å². The second-order valence-electron chi connectivity index (χ2n) is 4.72. The second-order valence-corrected chi connectivity index (χ2v) is 5.13. The molecule has 2 rings (SSSR count). The van der Waals surface area contributed by atoms with Crippen LogP contribution in [0.15, 0.2) is 36.4 Å². The van der Waals surface area contributed by atoms with Gasteiger partial charge in [-0.1, -0.05) is 17.7 Å². The van der Waals surface area contributed by atoms with Gasteiger partial charge < -0.3 is 16.0 Å². The fourth-order valence-corrected chi connectivity index (χ4v) is 2.13. The summed E-state index contributed by atoms with van der Waals surface area (Å²) in [6.45, 7) is 0. The smallest absolute Gasteiger partial charge is 0.257 e. The van der Waals surface area contributed by atoms with Crippen molar-refractivity contribution in [3.05, 3.63) is 52.8 Å². The zero-order valence-electron chi connectivity index (χ0n) is 11.7. The molecule has 4 nitrogen and oxygen atoms in total. The van der Waals surface area contributed by atoms with Crippen molar-refractivity contribution in [1.29, 1.82) is 0 Å². The molecule has 0 fully saturated rings. The molecule has 0 bridgehead atoms. The summed E-state index contributed by atoms with van der Waals surface area (Å²) in [4.78, 5) is 14.2. The highest BCUT2D eigenvalue weighted by Crippen LogP contribution is 2.27. The lowest BCUT2D eigenvalue weighted by atomic mass is 10.1. The first-order chi connectivity index (χ1) is 9.90. The minimum atomic E-state index is -0.592. The van der Waals surface area contributed by atoms with Gasteiger partial charge in [0.05, 0.1) is 16.3 Å². The molecule has 3 N–H and O–H groups in total. The Morgan fingerprint density at radius 3 is 2.62 bits per heavy atom. The quantitative estimate of drug-likeness (QED) is 0.855. The van der Waals surface area contributed by atoms with Crippen LogP contribution in [0.4, 0.5) is 21.5 Å². The monoisotopic (exact) mass is 307 g/mol. The fraction of sp³-hybridized carbons (Fsp3) is 0.133. The maximum Gasteiger partial charge on any atom is 0.257 e. The maximum absolute atomic E-state index is 13.7. The van der Waals surface area contributed by atoms with Gasteiger partial charge in [-0.3, -0.25) is 4.79 Å². The highest BCUT2D eigenvalue weighted by molar-refractivity contribution is 6.34. The van der Waals surface area contributed by atoms with Crippen molar-refractivity contribution in [3.8, 4) is 0 Å². The number of carbonyl (C=O) groups is 1. The zero-order valence-corrected chi connectivity index (χ0v) is 12.4. The third-order valence-corrected chi connectivity index (χ3v) is 3.26. The highest BCUT2D eigenvalue weighted by Gasteiger charge is 2.16. The van der Waals surface area contributed by atoms with E-state index in [-0.39, 0.29) is 10.7 Å². The number of benzene rings is 2. The number of nitrogens with zero attached hydrogens (tertiary/aromatic N) is 1. The first-order valence-corrected chi connectivity index (χ1v) is 6.60. The molecule has 0 unspecified atom stereocenters. The van der Waals surface area contributed by atoms with Crippen LogP contribution < -0.4 is 16.0 Å². The molecule has 0 aliphatic carbocycles. The Labute approximate surface area is 127 Å². The average molecular weight is 308 g/mol. The van der Waals surface area contributed by atoms with Crippen LogP contribution in [0.1, 0.15) is 10.4 Å². The van der Waals surface area contributed by atoms with Crippen molar-refractivity contribution >= 4 is 34.6 Å². The first kappa shape index (κ1) is 15.1. The molecule has 0 saturated carbocycles. The molecule has 21 heavy (non-hydrogen) atoms. The van der Waals surface area contributed by atoms with Crippen LogP contribution in [-0.4, -0.2) is 20.0 Å². The van der Waals surface area contributed by atoms with Crippen molar-refractivity contribution < 1.29 is 9.18 Å². The third kappa shape index (κ3) is 3.25. The number of halogens is 2. The summed E-state index contributed by atoms with van der Waals surface area (Å²) in [6.07, 6.45) is 0. The van der Waals surface area contributed by atoms with Crippen LogP contribution in [0, 0.1) is 5.82 Å². The summed E-state index contributed by atoms with van der Waals surface area (Å²) in [5.41, 5.74) is 7.15. The Bertz CT molecular complexity index is 668. The van der Waals surface area contributed by atoms with E-state index in [0.29, 0.717) is 16.9 Å². The normalized spacial score (nSPS) is 10.3. The van der Waals surface area contributed by atoms with Crippen molar-refractivity contribution in [3.63, 3.8) is 0 Å². The van der Waals surface area contributed by atoms with E-state index in [4.69, 9.17) is 17.3 Å². The lowest BCUT2D eigenvalue weighted by Gasteiger charge is -2.18. The van der Waals surface area contributed by atoms with Crippen molar-refractivity contribution in [2.24, 2.45) is 0 Å². The van der Waals surface area contributed by atoms with Gasteiger partial charge in [-0.2, -0.15) is 0 Å². The summed E-state index contributed by atoms with van der Waals surface area (Å²) < 4.78 is 13.7. The minimum Gasteiger partial charge on any atom is -0.399 e. The van der Waals surface area contributed by atoms with Gasteiger partial charge >= 0.3 is 0 Å². The van der Waals surface area contributed by atoms with E-state index < -0.39 is 11.7 Å². The lowest BCUT2D eigenvalue weighted by Crippen LogP contribution is -2.19. The fourth-order valence-electron chi connectivity index (χ4n) is 1.92.